The SMILES string of the molecule is COc1ccccc1N(C)CC1(CN)CCC(C)CC1. The zero-order chi connectivity index (χ0) is 14.6. The first-order valence-electron chi connectivity index (χ1n) is 7.64. The van der Waals surface area contributed by atoms with E-state index in [-0.39, 0.29) is 5.41 Å². The standard InChI is InChI=1S/C17H28N2O/c1-14-8-10-17(12-18,11-9-14)13-19(2)15-6-4-5-7-16(15)20-3/h4-7,14H,8-13,18H2,1-3H3. The van der Waals surface area contributed by atoms with E-state index in [1.54, 1.807) is 7.11 Å². The number of hydrogen-bond donors (Lipinski definition) is 1. The van der Waals surface area contributed by atoms with E-state index in [0.717, 1.165) is 30.4 Å². The second-order valence-electron chi connectivity index (χ2n) is 6.41. The average Bonchev–Trinajstić information content (AvgIpc) is 2.49. The van der Waals surface area contributed by atoms with E-state index in [1.807, 2.05) is 12.1 Å². The lowest BCUT2D eigenvalue weighted by Crippen LogP contribution is -2.43. The number of para-hydroxylation sites is 2. The van der Waals surface area contributed by atoms with Crippen molar-refractivity contribution in [3.8, 4) is 5.75 Å². The third kappa shape index (κ3) is 3.26. The molecular formula is C17H28N2O. The van der Waals surface area contributed by atoms with Gasteiger partial charge in [0.05, 0.1) is 12.8 Å². The highest BCUT2D eigenvalue weighted by atomic mass is 16.5. The van der Waals surface area contributed by atoms with Gasteiger partial charge in [-0.05, 0) is 37.4 Å². The van der Waals surface area contributed by atoms with Crippen molar-refractivity contribution in [2.24, 2.45) is 17.1 Å². The van der Waals surface area contributed by atoms with Crippen molar-refractivity contribution in [1.29, 1.82) is 0 Å². The summed E-state index contributed by atoms with van der Waals surface area (Å²) in [6.45, 7) is 4.14. The van der Waals surface area contributed by atoms with Gasteiger partial charge in [-0.3, -0.25) is 0 Å². The fourth-order valence-electron chi connectivity index (χ4n) is 3.33. The lowest BCUT2D eigenvalue weighted by atomic mass is 9.70. The fourth-order valence-corrected chi connectivity index (χ4v) is 3.33. The van der Waals surface area contributed by atoms with Crippen molar-refractivity contribution >= 4 is 5.69 Å². The fraction of sp³-hybridized carbons (Fsp3) is 0.647. The monoisotopic (exact) mass is 276 g/mol. The molecule has 1 aromatic rings. The molecule has 0 spiro atoms. The van der Waals surface area contributed by atoms with Crippen molar-refractivity contribution in [2.45, 2.75) is 32.6 Å². The topological polar surface area (TPSA) is 38.5 Å². The molecule has 1 aliphatic rings. The smallest absolute Gasteiger partial charge is 0.142 e. The van der Waals surface area contributed by atoms with Gasteiger partial charge in [0.1, 0.15) is 5.75 Å². The van der Waals surface area contributed by atoms with Gasteiger partial charge in [0.25, 0.3) is 0 Å². The van der Waals surface area contributed by atoms with Crippen LogP contribution in [-0.2, 0) is 0 Å². The number of anilines is 1. The van der Waals surface area contributed by atoms with Crippen LogP contribution in [0.15, 0.2) is 24.3 Å². The second kappa shape index (κ2) is 6.49. The Labute approximate surface area is 123 Å². The number of ether oxygens (including phenoxy) is 1. The molecule has 1 saturated carbocycles. The molecule has 1 aliphatic carbocycles. The molecule has 0 radical (unpaired) electrons. The van der Waals surface area contributed by atoms with Gasteiger partial charge in [-0.1, -0.05) is 31.9 Å². The van der Waals surface area contributed by atoms with Gasteiger partial charge in [0.2, 0.25) is 0 Å². The molecular weight excluding hydrogens is 248 g/mol. The molecule has 3 heteroatoms. The van der Waals surface area contributed by atoms with Crippen LogP contribution in [0.5, 0.6) is 5.75 Å². The lowest BCUT2D eigenvalue weighted by Gasteiger charge is -2.42. The van der Waals surface area contributed by atoms with Crippen LogP contribution in [0.4, 0.5) is 5.69 Å². The summed E-state index contributed by atoms with van der Waals surface area (Å²) < 4.78 is 5.47. The molecule has 0 atom stereocenters. The molecule has 3 nitrogen and oxygen atoms in total. The van der Waals surface area contributed by atoms with E-state index < -0.39 is 0 Å². The summed E-state index contributed by atoms with van der Waals surface area (Å²) in [5.74, 6) is 1.79. The van der Waals surface area contributed by atoms with Crippen molar-refractivity contribution in [3.05, 3.63) is 24.3 Å². The van der Waals surface area contributed by atoms with E-state index in [1.165, 1.54) is 25.7 Å². The minimum Gasteiger partial charge on any atom is -0.495 e. The van der Waals surface area contributed by atoms with E-state index >= 15 is 0 Å². The Morgan fingerprint density at radius 3 is 2.55 bits per heavy atom. The molecule has 0 amide bonds. The summed E-state index contributed by atoms with van der Waals surface area (Å²) >= 11 is 0. The normalized spacial score (nSPS) is 26.3. The highest BCUT2D eigenvalue weighted by Crippen LogP contribution is 2.40. The summed E-state index contributed by atoms with van der Waals surface area (Å²) in [5.41, 5.74) is 7.54. The minimum atomic E-state index is 0.266. The van der Waals surface area contributed by atoms with Crippen LogP contribution in [0, 0.1) is 11.3 Å². The van der Waals surface area contributed by atoms with Gasteiger partial charge in [0.15, 0.2) is 0 Å². The largest absolute Gasteiger partial charge is 0.495 e. The first-order valence-corrected chi connectivity index (χ1v) is 7.64. The number of methoxy groups -OCH3 is 1. The van der Waals surface area contributed by atoms with Crippen molar-refractivity contribution in [3.63, 3.8) is 0 Å². The van der Waals surface area contributed by atoms with Gasteiger partial charge < -0.3 is 15.4 Å². The Kier molecular flexibility index (Phi) is 4.92. The van der Waals surface area contributed by atoms with E-state index in [9.17, 15) is 0 Å². The third-order valence-electron chi connectivity index (χ3n) is 4.84. The average molecular weight is 276 g/mol. The van der Waals surface area contributed by atoms with Gasteiger partial charge in [-0.2, -0.15) is 0 Å². The highest BCUT2D eigenvalue weighted by Gasteiger charge is 2.34. The Morgan fingerprint density at radius 2 is 1.95 bits per heavy atom. The Balaban J connectivity index is 2.11. The van der Waals surface area contributed by atoms with Gasteiger partial charge in [-0.25, -0.2) is 0 Å². The maximum absolute atomic E-state index is 6.12. The molecule has 0 saturated heterocycles. The van der Waals surface area contributed by atoms with Crippen LogP contribution >= 0.6 is 0 Å². The van der Waals surface area contributed by atoms with Gasteiger partial charge in [-0.15, -0.1) is 0 Å². The second-order valence-corrected chi connectivity index (χ2v) is 6.41. The Hall–Kier alpha value is -1.22. The summed E-state index contributed by atoms with van der Waals surface area (Å²) in [4.78, 5) is 2.31. The molecule has 1 fully saturated rings. The van der Waals surface area contributed by atoms with E-state index in [2.05, 4.69) is 31.0 Å². The molecule has 0 unspecified atom stereocenters. The molecule has 2 N–H and O–H groups in total. The molecule has 1 aromatic carbocycles. The zero-order valence-corrected chi connectivity index (χ0v) is 13.1. The number of nitrogens with two attached hydrogens (primary N) is 1. The summed E-state index contributed by atoms with van der Waals surface area (Å²) in [7, 11) is 3.88. The van der Waals surface area contributed by atoms with E-state index in [4.69, 9.17) is 10.5 Å². The van der Waals surface area contributed by atoms with Crippen molar-refractivity contribution < 1.29 is 4.74 Å². The molecule has 0 heterocycles. The molecule has 0 aliphatic heterocycles. The first kappa shape index (κ1) is 15.2. The number of nitrogens with zero attached hydrogens (tertiary/aromatic N) is 1. The zero-order valence-electron chi connectivity index (χ0n) is 13.1. The third-order valence-corrected chi connectivity index (χ3v) is 4.84. The molecule has 0 bridgehead atoms. The number of hydrogen-bond acceptors (Lipinski definition) is 3. The van der Waals surface area contributed by atoms with Crippen LogP contribution in [0.25, 0.3) is 0 Å². The number of rotatable bonds is 5. The summed E-state index contributed by atoms with van der Waals surface area (Å²) in [6, 6.07) is 8.21. The quantitative estimate of drug-likeness (QED) is 0.897. The maximum atomic E-state index is 6.12. The predicted octanol–water partition coefficient (Wildman–Crippen LogP) is 3.29. The van der Waals surface area contributed by atoms with Gasteiger partial charge in [0, 0.05) is 19.0 Å². The van der Waals surface area contributed by atoms with Crippen LogP contribution in [-0.4, -0.2) is 27.2 Å². The van der Waals surface area contributed by atoms with Crippen LogP contribution in [0.2, 0.25) is 0 Å². The predicted molar refractivity (Wildman–Crippen MR) is 85.4 cm³/mol. The lowest BCUT2D eigenvalue weighted by molar-refractivity contribution is 0.170. The molecule has 2 rings (SSSR count). The van der Waals surface area contributed by atoms with Crippen LogP contribution in [0.1, 0.15) is 32.6 Å². The Bertz CT molecular complexity index is 425. The Morgan fingerprint density at radius 1 is 1.30 bits per heavy atom. The van der Waals surface area contributed by atoms with Crippen molar-refractivity contribution in [2.75, 3.05) is 32.1 Å². The number of benzene rings is 1. The highest BCUT2D eigenvalue weighted by molar-refractivity contribution is 5.58. The molecule has 0 aromatic heterocycles. The first-order chi connectivity index (χ1) is 9.60. The van der Waals surface area contributed by atoms with E-state index in [0.29, 0.717) is 0 Å². The van der Waals surface area contributed by atoms with Crippen LogP contribution < -0.4 is 15.4 Å². The maximum Gasteiger partial charge on any atom is 0.142 e. The summed E-state index contributed by atoms with van der Waals surface area (Å²) in [5, 5.41) is 0. The molecule has 112 valence electrons. The summed E-state index contributed by atoms with van der Waals surface area (Å²) in [6.07, 6.45) is 5.09. The van der Waals surface area contributed by atoms with Crippen molar-refractivity contribution in [1.82, 2.24) is 0 Å². The van der Waals surface area contributed by atoms with Gasteiger partial charge >= 0.3 is 0 Å². The minimum absolute atomic E-state index is 0.266. The van der Waals surface area contributed by atoms with Crippen LogP contribution in [0.3, 0.4) is 0 Å². The molecule has 20 heavy (non-hydrogen) atoms.